The van der Waals surface area contributed by atoms with E-state index in [4.69, 9.17) is 0 Å². The van der Waals surface area contributed by atoms with Crippen LogP contribution in [0, 0.1) is 11.6 Å². The van der Waals surface area contributed by atoms with Gasteiger partial charge in [0.25, 0.3) is 0 Å². The smallest absolute Gasteiger partial charge is 0.128 e. The molecule has 0 radical (unpaired) electrons. The average Bonchev–Trinajstić information content (AvgIpc) is 2.80. The zero-order valence-electron chi connectivity index (χ0n) is 12.0. The van der Waals surface area contributed by atoms with Crippen molar-refractivity contribution in [1.82, 2.24) is 15.1 Å². The number of nitrogens with one attached hydrogen (secondary N) is 1. The third kappa shape index (κ3) is 2.88. The van der Waals surface area contributed by atoms with Crippen molar-refractivity contribution in [2.24, 2.45) is 7.05 Å². The summed E-state index contributed by atoms with van der Waals surface area (Å²) in [5.41, 5.74) is 2.06. The van der Waals surface area contributed by atoms with E-state index in [0.29, 0.717) is 12.1 Å². The lowest BCUT2D eigenvalue weighted by Gasteiger charge is -2.19. The van der Waals surface area contributed by atoms with Crippen LogP contribution >= 0.6 is 0 Å². The fraction of sp³-hybridized carbons (Fsp3) is 0.400. The van der Waals surface area contributed by atoms with Crippen molar-refractivity contribution >= 4 is 0 Å². The molecule has 0 amide bonds. The van der Waals surface area contributed by atoms with Gasteiger partial charge < -0.3 is 5.32 Å². The normalized spacial score (nSPS) is 12.7. The highest BCUT2D eigenvalue weighted by atomic mass is 19.1. The van der Waals surface area contributed by atoms with Crippen LogP contribution < -0.4 is 5.32 Å². The molecule has 2 rings (SSSR count). The molecule has 1 unspecified atom stereocenters. The Hall–Kier alpha value is -1.75. The highest BCUT2D eigenvalue weighted by Crippen LogP contribution is 2.25. The minimum atomic E-state index is -0.442. The van der Waals surface area contributed by atoms with Crippen molar-refractivity contribution in [2.75, 3.05) is 6.54 Å². The Labute approximate surface area is 117 Å². The van der Waals surface area contributed by atoms with Gasteiger partial charge in [0.2, 0.25) is 0 Å². The van der Waals surface area contributed by atoms with Gasteiger partial charge >= 0.3 is 0 Å². The summed E-state index contributed by atoms with van der Waals surface area (Å²) in [6.45, 7) is 4.59. The molecule has 0 aliphatic heterocycles. The molecule has 1 N–H and O–H groups in total. The number of aromatic nitrogens is 2. The Morgan fingerprint density at radius 3 is 2.60 bits per heavy atom. The van der Waals surface area contributed by atoms with Gasteiger partial charge in [-0.2, -0.15) is 5.10 Å². The Bertz CT molecular complexity index is 593. The Morgan fingerprint density at radius 2 is 2.00 bits per heavy atom. The summed E-state index contributed by atoms with van der Waals surface area (Å²) in [7, 11) is 1.82. The molecule has 1 heterocycles. The van der Waals surface area contributed by atoms with Gasteiger partial charge in [-0.05, 0) is 37.2 Å². The minimum Gasteiger partial charge on any atom is -0.305 e. The Balaban J connectivity index is 2.49. The lowest BCUT2D eigenvalue weighted by atomic mass is 10.0. The van der Waals surface area contributed by atoms with Crippen LogP contribution in [0.15, 0.2) is 24.3 Å². The molecule has 20 heavy (non-hydrogen) atoms. The summed E-state index contributed by atoms with van der Waals surface area (Å²) in [6.07, 6.45) is 0.804. The van der Waals surface area contributed by atoms with E-state index < -0.39 is 17.7 Å². The van der Waals surface area contributed by atoms with Gasteiger partial charge in [0.1, 0.15) is 11.6 Å². The van der Waals surface area contributed by atoms with E-state index >= 15 is 0 Å². The van der Waals surface area contributed by atoms with Crippen LogP contribution in [-0.4, -0.2) is 16.3 Å². The second kappa shape index (κ2) is 6.13. The van der Waals surface area contributed by atoms with Crippen LogP contribution in [0.4, 0.5) is 8.78 Å². The zero-order chi connectivity index (χ0) is 14.7. The van der Waals surface area contributed by atoms with Crippen molar-refractivity contribution in [3.05, 3.63) is 52.9 Å². The first-order valence-corrected chi connectivity index (χ1v) is 6.78. The van der Waals surface area contributed by atoms with Crippen molar-refractivity contribution < 1.29 is 8.78 Å². The molecule has 0 bridgehead atoms. The SMILES string of the molecule is CCNC(c1cc(F)ccc1F)c1cc(CC)nn1C. The maximum absolute atomic E-state index is 14.0. The summed E-state index contributed by atoms with van der Waals surface area (Å²) < 4.78 is 29.2. The van der Waals surface area contributed by atoms with E-state index in [0.717, 1.165) is 29.9 Å². The van der Waals surface area contributed by atoms with Crippen LogP contribution in [0.25, 0.3) is 0 Å². The predicted molar refractivity (Wildman–Crippen MR) is 74.5 cm³/mol. The van der Waals surface area contributed by atoms with E-state index in [-0.39, 0.29) is 0 Å². The predicted octanol–water partition coefficient (Wildman–Crippen LogP) is 2.96. The zero-order valence-corrected chi connectivity index (χ0v) is 12.0. The maximum atomic E-state index is 14.0. The molecule has 1 aromatic heterocycles. The molecule has 0 aliphatic rings. The molecule has 1 atom stereocenters. The third-order valence-electron chi connectivity index (χ3n) is 3.30. The number of hydrogen-bond acceptors (Lipinski definition) is 2. The summed E-state index contributed by atoms with van der Waals surface area (Å²) in [5, 5.41) is 7.56. The van der Waals surface area contributed by atoms with Crippen molar-refractivity contribution in [2.45, 2.75) is 26.3 Å². The lowest BCUT2D eigenvalue weighted by Crippen LogP contribution is -2.25. The molecule has 0 saturated carbocycles. The molecular formula is C15H19F2N3. The lowest BCUT2D eigenvalue weighted by molar-refractivity contribution is 0.522. The molecule has 108 valence electrons. The fourth-order valence-electron chi connectivity index (χ4n) is 2.30. The van der Waals surface area contributed by atoms with Crippen LogP contribution in [-0.2, 0) is 13.5 Å². The summed E-state index contributed by atoms with van der Waals surface area (Å²) in [6, 6.07) is 5.04. The van der Waals surface area contributed by atoms with Gasteiger partial charge in [-0.1, -0.05) is 13.8 Å². The van der Waals surface area contributed by atoms with Gasteiger partial charge in [0.15, 0.2) is 0 Å². The van der Waals surface area contributed by atoms with Gasteiger partial charge in [-0.3, -0.25) is 4.68 Å². The molecule has 0 fully saturated rings. The molecule has 3 nitrogen and oxygen atoms in total. The number of rotatable bonds is 5. The van der Waals surface area contributed by atoms with E-state index in [1.165, 1.54) is 6.07 Å². The second-order valence-corrected chi connectivity index (χ2v) is 4.69. The van der Waals surface area contributed by atoms with Gasteiger partial charge in [0, 0.05) is 12.6 Å². The summed E-state index contributed by atoms with van der Waals surface area (Å²) >= 11 is 0. The monoisotopic (exact) mass is 279 g/mol. The second-order valence-electron chi connectivity index (χ2n) is 4.69. The highest BCUT2D eigenvalue weighted by Gasteiger charge is 2.21. The molecule has 0 spiro atoms. The van der Waals surface area contributed by atoms with Gasteiger partial charge in [-0.25, -0.2) is 8.78 Å². The maximum Gasteiger partial charge on any atom is 0.128 e. The number of aryl methyl sites for hydroxylation is 2. The largest absolute Gasteiger partial charge is 0.305 e. The van der Waals surface area contributed by atoms with Crippen LogP contribution in [0.2, 0.25) is 0 Å². The van der Waals surface area contributed by atoms with E-state index in [1.807, 2.05) is 27.0 Å². The highest BCUT2D eigenvalue weighted by molar-refractivity contribution is 5.31. The van der Waals surface area contributed by atoms with Gasteiger partial charge in [-0.15, -0.1) is 0 Å². The Morgan fingerprint density at radius 1 is 1.25 bits per heavy atom. The standard InChI is InChI=1S/C15H19F2N3/c1-4-11-9-14(20(3)19-11)15(18-5-2)12-8-10(16)6-7-13(12)17/h6-9,15,18H,4-5H2,1-3H3. The molecule has 0 aliphatic carbocycles. The molecule has 1 aromatic carbocycles. The number of hydrogen-bond donors (Lipinski definition) is 1. The Kier molecular flexibility index (Phi) is 4.49. The number of benzene rings is 1. The first-order chi connectivity index (χ1) is 9.56. The molecule has 5 heteroatoms. The van der Waals surface area contributed by atoms with Crippen molar-refractivity contribution in [3.8, 4) is 0 Å². The van der Waals surface area contributed by atoms with Gasteiger partial charge in [0.05, 0.1) is 17.4 Å². The van der Waals surface area contributed by atoms with Crippen LogP contribution in [0.3, 0.4) is 0 Å². The fourth-order valence-corrected chi connectivity index (χ4v) is 2.30. The van der Waals surface area contributed by atoms with E-state index in [9.17, 15) is 8.78 Å². The molecular weight excluding hydrogens is 260 g/mol. The summed E-state index contributed by atoms with van der Waals surface area (Å²) in [4.78, 5) is 0. The van der Waals surface area contributed by atoms with Crippen molar-refractivity contribution in [3.63, 3.8) is 0 Å². The van der Waals surface area contributed by atoms with Crippen LogP contribution in [0.5, 0.6) is 0 Å². The molecule has 2 aromatic rings. The van der Waals surface area contributed by atoms with E-state index in [2.05, 4.69) is 10.4 Å². The number of halogens is 2. The first kappa shape index (κ1) is 14.7. The van der Waals surface area contributed by atoms with E-state index in [1.54, 1.807) is 4.68 Å². The average molecular weight is 279 g/mol. The topological polar surface area (TPSA) is 29.9 Å². The minimum absolute atomic E-state index is 0.303. The summed E-state index contributed by atoms with van der Waals surface area (Å²) in [5.74, 6) is -0.862. The van der Waals surface area contributed by atoms with Crippen molar-refractivity contribution in [1.29, 1.82) is 0 Å². The number of nitrogens with zero attached hydrogens (tertiary/aromatic N) is 2. The third-order valence-corrected chi connectivity index (χ3v) is 3.30. The molecule has 0 saturated heterocycles. The quantitative estimate of drug-likeness (QED) is 0.912. The first-order valence-electron chi connectivity index (χ1n) is 6.78. The van der Waals surface area contributed by atoms with Crippen LogP contribution in [0.1, 0.15) is 36.8 Å².